The quantitative estimate of drug-likeness (QED) is 0.457. The third kappa shape index (κ3) is 4.12. The van der Waals surface area contributed by atoms with E-state index in [1.807, 2.05) is 25.1 Å². The Hall–Kier alpha value is -2.99. The lowest BCUT2D eigenvalue weighted by molar-refractivity contribution is 0.0692. The number of methoxy groups -OCH3 is 2. The summed E-state index contributed by atoms with van der Waals surface area (Å²) in [6.45, 7) is 2.12. The number of carboxylic acids is 1. The van der Waals surface area contributed by atoms with Crippen LogP contribution in [0.15, 0.2) is 30.3 Å². The molecular weight excluding hydrogens is 418 g/mol. The van der Waals surface area contributed by atoms with Crippen LogP contribution in [0.3, 0.4) is 0 Å². The Bertz CT molecular complexity index is 1160. The zero-order valence-corrected chi connectivity index (χ0v) is 18.5. The summed E-state index contributed by atoms with van der Waals surface area (Å²) in [5, 5.41) is 11.1. The van der Waals surface area contributed by atoms with E-state index in [4.69, 9.17) is 25.8 Å². The molecule has 1 aliphatic carbocycles. The van der Waals surface area contributed by atoms with Gasteiger partial charge in [-0.25, -0.2) is 9.78 Å². The molecule has 4 rings (SSSR count). The molecule has 1 aromatic heterocycles. The van der Waals surface area contributed by atoms with Gasteiger partial charge in [0, 0.05) is 17.0 Å². The normalized spacial score (nSPS) is 13.3. The van der Waals surface area contributed by atoms with Gasteiger partial charge in [0.05, 0.1) is 19.7 Å². The Balaban J connectivity index is 1.83. The molecule has 31 heavy (non-hydrogen) atoms. The molecule has 2 aromatic carbocycles. The third-order valence-electron chi connectivity index (χ3n) is 5.61. The minimum atomic E-state index is -1.03. The summed E-state index contributed by atoms with van der Waals surface area (Å²) in [7, 11) is 3.15. The van der Waals surface area contributed by atoms with E-state index in [9.17, 15) is 9.90 Å². The number of fused-ring (bicyclic) bond motifs is 1. The number of aromatic nitrogens is 1. The maximum atomic E-state index is 12.1. The second-order valence-corrected chi connectivity index (χ2v) is 7.93. The molecule has 0 amide bonds. The van der Waals surface area contributed by atoms with E-state index in [1.54, 1.807) is 26.4 Å². The molecule has 1 saturated carbocycles. The van der Waals surface area contributed by atoms with Crippen LogP contribution in [0.25, 0.3) is 10.9 Å². The number of rotatable bonds is 8. The molecule has 0 spiro atoms. The van der Waals surface area contributed by atoms with E-state index < -0.39 is 5.97 Å². The summed E-state index contributed by atoms with van der Waals surface area (Å²) in [6.07, 6.45) is 2.72. The highest BCUT2D eigenvalue weighted by Gasteiger charge is 2.30. The molecule has 1 heterocycles. The highest BCUT2D eigenvalue weighted by molar-refractivity contribution is 6.30. The molecule has 1 fully saturated rings. The second kappa shape index (κ2) is 8.63. The lowest BCUT2D eigenvalue weighted by Crippen LogP contribution is -2.07. The summed E-state index contributed by atoms with van der Waals surface area (Å²) in [4.78, 5) is 16.8. The van der Waals surface area contributed by atoms with Crippen molar-refractivity contribution in [2.75, 3.05) is 14.2 Å². The SMILES string of the molecule is CCc1cc2c(OCc3ccc(OC)cc3OC)c(C(=O)O)cc(C3CC3)c2nc1Cl. The second-order valence-electron chi connectivity index (χ2n) is 7.58. The standard InChI is InChI=1S/C24H24ClNO5/c1-4-13-9-18-21(26-23(13)25)17(14-5-6-14)11-19(24(27)28)22(18)31-12-15-7-8-16(29-2)10-20(15)30-3/h7-11,14H,4-6,12H2,1-3H3,(H,27,28). The molecular formula is C24H24ClNO5. The van der Waals surface area contributed by atoms with E-state index in [0.717, 1.165) is 29.5 Å². The van der Waals surface area contributed by atoms with Crippen LogP contribution in [0.1, 0.15) is 52.7 Å². The van der Waals surface area contributed by atoms with Crippen LogP contribution in [-0.2, 0) is 13.0 Å². The van der Waals surface area contributed by atoms with Gasteiger partial charge in [-0.15, -0.1) is 0 Å². The van der Waals surface area contributed by atoms with Crippen LogP contribution in [0, 0.1) is 0 Å². The fourth-order valence-corrected chi connectivity index (χ4v) is 4.02. The first-order valence-corrected chi connectivity index (χ1v) is 10.6. The topological polar surface area (TPSA) is 77.9 Å². The number of aromatic carboxylic acids is 1. The van der Waals surface area contributed by atoms with Gasteiger partial charge < -0.3 is 19.3 Å². The van der Waals surface area contributed by atoms with E-state index >= 15 is 0 Å². The van der Waals surface area contributed by atoms with Gasteiger partial charge in [0.1, 0.15) is 34.6 Å². The maximum absolute atomic E-state index is 12.1. The largest absolute Gasteiger partial charge is 0.497 e. The van der Waals surface area contributed by atoms with E-state index in [1.165, 1.54) is 0 Å². The third-order valence-corrected chi connectivity index (χ3v) is 5.93. The molecule has 6 nitrogen and oxygen atoms in total. The van der Waals surface area contributed by atoms with Crippen molar-refractivity contribution < 1.29 is 24.1 Å². The van der Waals surface area contributed by atoms with Crippen LogP contribution < -0.4 is 14.2 Å². The highest BCUT2D eigenvalue weighted by Crippen LogP contribution is 2.46. The number of ether oxygens (including phenoxy) is 3. The number of aryl methyl sites for hydroxylation is 1. The van der Waals surface area contributed by atoms with Crippen molar-refractivity contribution in [2.24, 2.45) is 0 Å². The van der Waals surface area contributed by atoms with Gasteiger partial charge in [0.15, 0.2) is 0 Å². The Morgan fingerprint density at radius 1 is 1.16 bits per heavy atom. The van der Waals surface area contributed by atoms with Gasteiger partial charge in [-0.3, -0.25) is 0 Å². The molecule has 1 aliphatic rings. The molecule has 0 aliphatic heterocycles. The van der Waals surface area contributed by atoms with Crippen molar-refractivity contribution in [2.45, 2.75) is 38.7 Å². The number of nitrogens with zero attached hydrogens (tertiary/aromatic N) is 1. The molecule has 0 atom stereocenters. The number of hydrogen-bond donors (Lipinski definition) is 1. The van der Waals surface area contributed by atoms with Crippen molar-refractivity contribution >= 4 is 28.5 Å². The fourth-order valence-electron chi connectivity index (χ4n) is 3.75. The van der Waals surface area contributed by atoms with Gasteiger partial charge in [-0.1, -0.05) is 18.5 Å². The summed E-state index contributed by atoms with van der Waals surface area (Å²) in [5.74, 6) is 0.840. The van der Waals surface area contributed by atoms with Gasteiger partial charge >= 0.3 is 5.97 Å². The van der Waals surface area contributed by atoms with Gasteiger partial charge in [-0.05, 0) is 60.6 Å². The number of pyridine rings is 1. The molecule has 1 N–H and O–H groups in total. The van der Waals surface area contributed by atoms with Crippen LogP contribution >= 0.6 is 11.6 Å². The number of carboxylic acid groups (broad SMARTS) is 1. The zero-order valence-electron chi connectivity index (χ0n) is 17.7. The smallest absolute Gasteiger partial charge is 0.339 e. The fraction of sp³-hybridized carbons (Fsp3) is 0.333. The summed E-state index contributed by atoms with van der Waals surface area (Å²) < 4.78 is 16.8. The van der Waals surface area contributed by atoms with Crippen molar-refractivity contribution in [3.05, 3.63) is 57.7 Å². The van der Waals surface area contributed by atoms with Gasteiger partial charge in [0.2, 0.25) is 0 Å². The van der Waals surface area contributed by atoms with Crippen molar-refractivity contribution in [3.63, 3.8) is 0 Å². The molecule has 7 heteroatoms. The van der Waals surface area contributed by atoms with Crippen molar-refractivity contribution in [1.29, 1.82) is 0 Å². The van der Waals surface area contributed by atoms with E-state index in [2.05, 4.69) is 4.98 Å². The number of carbonyl (C=O) groups is 1. The number of benzene rings is 2. The lowest BCUT2D eigenvalue weighted by atomic mass is 9.98. The predicted octanol–water partition coefficient (Wildman–Crippen LogP) is 5.62. The maximum Gasteiger partial charge on any atom is 0.339 e. The highest BCUT2D eigenvalue weighted by atomic mass is 35.5. The molecule has 0 bridgehead atoms. The summed E-state index contributed by atoms with van der Waals surface area (Å²) in [5.41, 5.74) is 3.40. The monoisotopic (exact) mass is 441 g/mol. The van der Waals surface area contributed by atoms with Crippen molar-refractivity contribution in [1.82, 2.24) is 4.98 Å². The Labute approximate surface area is 185 Å². The van der Waals surface area contributed by atoms with Gasteiger partial charge in [0.25, 0.3) is 0 Å². The minimum Gasteiger partial charge on any atom is -0.497 e. The summed E-state index contributed by atoms with van der Waals surface area (Å²) >= 11 is 6.40. The predicted molar refractivity (Wildman–Crippen MR) is 119 cm³/mol. The Morgan fingerprint density at radius 3 is 2.55 bits per heavy atom. The first-order chi connectivity index (χ1) is 15.0. The Kier molecular flexibility index (Phi) is 5.92. The van der Waals surface area contributed by atoms with Crippen LogP contribution in [0.5, 0.6) is 17.2 Å². The average Bonchev–Trinajstić information content (AvgIpc) is 3.61. The number of hydrogen-bond acceptors (Lipinski definition) is 5. The summed E-state index contributed by atoms with van der Waals surface area (Å²) in [6, 6.07) is 9.01. The van der Waals surface area contributed by atoms with Crippen LogP contribution in [0.4, 0.5) is 0 Å². The molecule has 0 radical (unpaired) electrons. The van der Waals surface area contributed by atoms with Crippen LogP contribution in [-0.4, -0.2) is 30.3 Å². The molecule has 162 valence electrons. The molecule has 0 unspecified atom stereocenters. The lowest BCUT2D eigenvalue weighted by Gasteiger charge is -2.17. The Morgan fingerprint density at radius 2 is 1.94 bits per heavy atom. The van der Waals surface area contributed by atoms with Crippen molar-refractivity contribution in [3.8, 4) is 17.2 Å². The van der Waals surface area contributed by atoms with Crippen LogP contribution in [0.2, 0.25) is 5.15 Å². The first-order valence-electron chi connectivity index (χ1n) is 10.2. The van der Waals surface area contributed by atoms with Gasteiger partial charge in [-0.2, -0.15) is 0 Å². The number of halogens is 1. The first kappa shape index (κ1) is 21.2. The molecule has 0 saturated heterocycles. The minimum absolute atomic E-state index is 0.132. The van der Waals surface area contributed by atoms with E-state index in [-0.39, 0.29) is 12.2 Å². The van der Waals surface area contributed by atoms with E-state index in [0.29, 0.717) is 45.6 Å². The molecule has 3 aromatic rings. The average molecular weight is 442 g/mol. The zero-order chi connectivity index (χ0) is 22.1.